The van der Waals surface area contributed by atoms with Gasteiger partial charge in [0.05, 0.1) is 6.04 Å². The Labute approximate surface area is 84.1 Å². The Hall–Kier alpha value is -0.940. The Balaban J connectivity index is 2.07. The maximum Gasteiger partial charge on any atom is 0.149 e. The summed E-state index contributed by atoms with van der Waals surface area (Å²) in [7, 11) is 1.99. The second-order valence-corrected chi connectivity index (χ2v) is 3.76. The average molecular weight is 195 g/mol. The molecule has 0 saturated carbocycles. The summed E-state index contributed by atoms with van der Waals surface area (Å²) in [6.45, 7) is 6.52. The molecular formula is C9H17N5. The SMILES string of the molecule is CC(c1nncn1C)N1CCNCC1. The van der Waals surface area contributed by atoms with E-state index in [1.54, 1.807) is 6.33 Å². The molecule has 0 aliphatic carbocycles. The molecule has 1 aliphatic heterocycles. The molecule has 5 nitrogen and oxygen atoms in total. The maximum atomic E-state index is 4.14. The van der Waals surface area contributed by atoms with Gasteiger partial charge in [0.1, 0.15) is 12.2 Å². The highest BCUT2D eigenvalue weighted by molar-refractivity contribution is 4.94. The molecule has 1 unspecified atom stereocenters. The quantitative estimate of drug-likeness (QED) is 0.709. The molecule has 0 spiro atoms. The molecular weight excluding hydrogens is 178 g/mol. The minimum atomic E-state index is 0.365. The van der Waals surface area contributed by atoms with E-state index in [2.05, 4.69) is 27.3 Å². The smallest absolute Gasteiger partial charge is 0.149 e. The molecule has 0 amide bonds. The van der Waals surface area contributed by atoms with Crippen LogP contribution in [-0.2, 0) is 7.05 Å². The first kappa shape index (κ1) is 9.61. The molecule has 78 valence electrons. The van der Waals surface area contributed by atoms with E-state index in [1.807, 2.05) is 11.6 Å². The summed E-state index contributed by atoms with van der Waals surface area (Å²) < 4.78 is 1.99. The number of hydrogen-bond acceptors (Lipinski definition) is 4. The van der Waals surface area contributed by atoms with Crippen LogP contribution in [0.1, 0.15) is 18.8 Å². The van der Waals surface area contributed by atoms with Crippen molar-refractivity contribution < 1.29 is 0 Å². The molecule has 0 aromatic carbocycles. The van der Waals surface area contributed by atoms with Crippen molar-refractivity contribution in [3.63, 3.8) is 0 Å². The lowest BCUT2D eigenvalue weighted by molar-refractivity contribution is 0.176. The number of piperazine rings is 1. The van der Waals surface area contributed by atoms with E-state index >= 15 is 0 Å². The van der Waals surface area contributed by atoms with Crippen LogP contribution in [0.25, 0.3) is 0 Å². The molecule has 1 N–H and O–H groups in total. The van der Waals surface area contributed by atoms with Crippen molar-refractivity contribution in [2.24, 2.45) is 7.05 Å². The standard InChI is InChI=1S/C9H17N5/c1-8(9-12-11-7-13(9)2)14-5-3-10-4-6-14/h7-8,10H,3-6H2,1-2H3. The molecule has 0 radical (unpaired) electrons. The molecule has 14 heavy (non-hydrogen) atoms. The van der Waals surface area contributed by atoms with E-state index in [9.17, 15) is 0 Å². The van der Waals surface area contributed by atoms with Crippen molar-refractivity contribution in [3.05, 3.63) is 12.2 Å². The number of nitrogens with one attached hydrogen (secondary N) is 1. The van der Waals surface area contributed by atoms with E-state index in [-0.39, 0.29) is 0 Å². The lowest BCUT2D eigenvalue weighted by Crippen LogP contribution is -2.44. The summed E-state index contributed by atoms with van der Waals surface area (Å²) in [6, 6.07) is 0.365. The monoisotopic (exact) mass is 195 g/mol. The molecule has 1 aliphatic rings. The Morgan fingerprint density at radius 3 is 2.71 bits per heavy atom. The number of aryl methyl sites for hydroxylation is 1. The van der Waals surface area contributed by atoms with Gasteiger partial charge in [-0.1, -0.05) is 0 Å². The number of nitrogens with zero attached hydrogens (tertiary/aromatic N) is 4. The molecule has 1 atom stereocenters. The highest BCUT2D eigenvalue weighted by Crippen LogP contribution is 2.16. The van der Waals surface area contributed by atoms with Crippen LogP contribution in [0.2, 0.25) is 0 Å². The summed E-state index contributed by atoms with van der Waals surface area (Å²) in [4.78, 5) is 2.43. The van der Waals surface area contributed by atoms with Crippen LogP contribution < -0.4 is 5.32 Å². The second-order valence-electron chi connectivity index (χ2n) is 3.76. The zero-order valence-corrected chi connectivity index (χ0v) is 8.77. The molecule has 1 fully saturated rings. The van der Waals surface area contributed by atoms with Gasteiger partial charge in [0.25, 0.3) is 0 Å². The fourth-order valence-electron chi connectivity index (χ4n) is 1.90. The normalized spacial score (nSPS) is 21.0. The van der Waals surface area contributed by atoms with Crippen LogP contribution in [0, 0.1) is 0 Å². The number of hydrogen-bond donors (Lipinski definition) is 1. The van der Waals surface area contributed by atoms with Crippen molar-refractivity contribution in [1.82, 2.24) is 25.0 Å². The largest absolute Gasteiger partial charge is 0.319 e. The van der Waals surface area contributed by atoms with E-state index in [1.165, 1.54) is 0 Å². The summed E-state index contributed by atoms with van der Waals surface area (Å²) in [5, 5.41) is 11.4. The lowest BCUT2D eigenvalue weighted by atomic mass is 10.2. The minimum absolute atomic E-state index is 0.365. The van der Waals surface area contributed by atoms with Crippen molar-refractivity contribution in [3.8, 4) is 0 Å². The van der Waals surface area contributed by atoms with Gasteiger partial charge in [0.2, 0.25) is 0 Å². The third kappa shape index (κ3) is 1.78. The molecule has 5 heteroatoms. The van der Waals surface area contributed by atoms with Gasteiger partial charge >= 0.3 is 0 Å². The first-order chi connectivity index (χ1) is 6.79. The zero-order chi connectivity index (χ0) is 9.97. The third-order valence-corrected chi connectivity index (χ3v) is 2.82. The van der Waals surface area contributed by atoms with Gasteiger partial charge in [0, 0.05) is 33.2 Å². The maximum absolute atomic E-state index is 4.14. The van der Waals surface area contributed by atoms with Crippen LogP contribution >= 0.6 is 0 Å². The average Bonchev–Trinajstić information content (AvgIpc) is 2.65. The topological polar surface area (TPSA) is 46.0 Å². The zero-order valence-electron chi connectivity index (χ0n) is 8.77. The van der Waals surface area contributed by atoms with E-state index in [0.29, 0.717) is 6.04 Å². The van der Waals surface area contributed by atoms with E-state index in [4.69, 9.17) is 0 Å². The van der Waals surface area contributed by atoms with Crippen molar-refractivity contribution in [1.29, 1.82) is 0 Å². The molecule has 0 bridgehead atoms. The van der Waals surface area contributed by atoms with Crippen LogP contribution in [0.15, 0.2) is 6.33 Å². The predicted octanol–water partition coefficient (Wildman–Crippen LogP) is -0.219. The number of aromatic nitrogens is 3. The van der Waals surface area contributed by atoms with E-state index in [0.717, 1.165) is 32.0 Å². The third-order valence-electron chi connectivity index (χ3n) is 2.82. The fourth-order valence-corrected chi connectivity index (χ4v) is 1.90. The van der Waals surface area contributed by atoms with Gasteiger partial charge in [-0.3, -0.25) is 4.90 Å². The van der Waals surface area contributed by atoms with Gasteiger partial charge in [-0.05, 0) is 6.92 Å². The van der Waals surface area contributed by atoms with Crippen molar-refractivity contribution in [2.75, 3.05) is 26.2 Å². The fraction of sp³-hybridized carbons (Fsp3) is 0.778. The lowest BCUT2D eigenvalue weighted by Gasteiger charge is -2.31. The van der Waals surface area contributed by atoms with Crippen LogP contribution in [0.4, 0.5) is 0 Å². The molecule has 1 aromatic heterocycles. The van der Waals surface area contributed by atoms with Crippen LogP contribution in [-0.4, -0.2) is 45.8 Å². The predicted molar refractivity (Wildman–Crippen MR) is 53.9 cm³/mol. The summed E-state index contributed by atoms with van der Waals surface area (Å²) in [5.41, 5.74) is 0. The van der Waals surface area contributed by atoms with Crippen molar-refractivity contribution in [2.45, 2.75) is 13.0 Å². The summed E-state index contributed by atoms with van der Waals surface area (Å²) in [5.74, 6) is 1.05. The summed E-state index contributed by atoms with van der Waals surface area (Å²) in [6.07, 6.45) is 1.76. The second kappa shape index (κ2) is 4.06. The first-order valence-electron chi connectivity index (χ1n) is 5.07. The molecule has 1 aromatic rings. The highest BCUT2D eigenvalue weighted by atomic mass is 15.3. The van der Waals surface area contributed by atoms with Gasteiger partial charge in [0.15, 0.2) is 0 Å². The first-order valence-corrected chi connectivity index (χ1v) is 5.07. The van der Waals surface area contributed by atoms with Gasteiger partial charge < -0.3 is 9.88 Å². The van der Waals surface area contributed by atoms with Crippen molar-refractivity contribution >= 4 is 0 Å². The minimum Gasteiger partial charge on any atom is -0.319 e. The molecule has 1 saturated heterocycles. The number of rotatable bonds is 2. The Bertz CT molecular complexity index is 289. The Kier molecular flexibility index (Phi) is 2.79. The van der Waals surface area contributed by atoms with Crippen LogP contribution in [0.3, 0.4) is 0 Å². The molecule has 2 heterocycles. The van der Waals surface area contributed by atoms with E-state index < -0.39 is 0 Å². The van der Waals surface area contributed by atoms with Gasteiger partial charge in [-0.15, -0.1) is 10.2 Å². The summed E-state index contributed by atoms with van der Waals surface area (Å²) >= 11 is 0. The Morgan fingerprint density at radius 1 is 1.43 bits per heavy atom. The van der Waals surface area contributed by atoms with Crippen LogP contribution in [0.5, 0.6) is 0 Å². The molecule has 2 rings (SSSR count). The van der Waals surface area contributed by atoms with Gasteiger partial charge in [-0.2, -0.15) is 0 Å². The van der Waals surface area contributed by atoms with Gasteiger partial charge in [-0.25, -0.2) is 0 Å². The Morgan fingerprint density at radius 2 is 2.14 bits per heavy atom. The highest BCUT2D eigenvalue weighted by Gasteiger charge is 2.20.